The van der Waals surface area contributed by atoms with Crippen LogP contribution in [0, 0.1) is 11.8 Å². The van der Waals surface area contributed by atoms with Crippen molar-refractivity contribution >= 4 is 17.8 Å². The molecule has 48 heavy (non-hydrogen) atoms. The van der Waals surface area contributed by atoms with Crippen LogP contribution in [0.25, 0.3) is 0 Å². The fourth-order valence-electron chi connectivity index (χ4n) is 6.15. The number of carbonyl (C=O) groups is 3. The van der Waals surface area contributed by atoms with E-state index in [1.165, 1.54) is 6.08 Å². The van der Waals surface area contributed by atoms with Gasteiger partial charge in [-0.25, -0.2) is 0 Å². The van der Waals surface area contributed by atoms with E-state index >= 15 is 0 Å². The summed E-state index contributed by atoms with van der Waals surface area (Å²) in [4.78, 5) is 36.9. The lowest BCUT2D eigenvalue weighted by molar-refractivity contribution is -0.226. The summed E-state index contributed by atoms with van der Waals surface area (Å²) in [5.41, 5.74) is 0.564. The topological polar surface area (TPSA) is 134 Å². The smallest absolute Gasteiger partial charge is 0.308 e. The Morgan fingerprint density at radius 2 is 1.79 bits per heavy atom. The third-order valence-corrected chi connectivity index (χ3v) is 9.04. The van der Waals surface area contributed by atoms with E-state index in [9.17, 15) is 14.4 Å². The third kappa shape index (κ3) is 12.4. The van der Waals surface area contributed by atoms with E-state index in [1.54, 1.807) is 26.8 Å². The minimum Gasteiger partial charge on any atom is -0.458 e. The first-order valence-electron chi connectivity index (χ1n) is 17.8. The highest BCUT2D eigenvalue weighted by molar-refractivity contribution is 5.87. The molecule has 272 valence electrons. The molecule has 1 spiro atoms. The summed E-state index contributed by atoms with van der Waals surface area (Å²) in [7, 11) is 0. The van der Waals surface area contributed by atoms with Crippen LogP contribution in [0.15, 0.2) is 36.0 Å². The number of amides is 2. The largest absolute Gasteiger partial charge is 0.458 e. The summed E-state index contributed by atoms with van der Waals surface area (Å²) in [6, 6.07) is -0.125. The molecule has 3 fully saturated rings. The van der Waals surface area contributed by atoms with Gasteiger partial charge in [-0.15, -0.1) is 0 Å². The average Bonchev–Trinajstić information content (AvgIpc) is 3.79. The Kier molecular flexibility index (Phi) is 15.8. The Balaban J connectivity index is 1.58. The molecule has 3 aliphatic heterocycles. The van der Waals surface area contributed by atoms with Crippen molar-refractivity contribution in [3.63, 3.8) is 0 Å². The lowest BCUT2D eigenvalue weighted by Crippen LogP contribution is -2.53. The fourth-order valence-corrected chi connectivity index (χ4v) is 6.15. The van der Waals surface area contributed by atoms with E-state index in [2.05, 4.69) is 23.6 Å². The molecule has 0 aliphatic carbocycles. The quantitative estimate of drug-likeness (QED) is 0.0723. The van der Waals surface area contributed by atoms with E-state index in [0.717, 1.165) is 24.8 Å². The van der Waals surface area contributed by atoms with Crippen molar-refractivity contribution in [2.24, 2.45) is 11.8 Å². The van der Waals surface area contributed by atoms with Crippen LogP contribution in [0.3, 0.4) is 0 Å². The number of ether oxygens (including phenoxy) is 6. The lowest BCUT2D eigenvalue weighted by Gasteiger charge is -2.40. The molecular weight excluding hydrogens is 616 g/mol. The number of allylic oxidation sites excluding steroid dienone is 2. The number of hydrogen-bond acceptors (Lipinski definition) is 9. The second-order valence-electron chi connectivity index (χ2n) is 13.8. The van der Waals surface area contributed by atoms with Crippen LogP contribution in [-0.2, 0) is 42.8 Å². The molecule has 0 aromatic rings. The number of nitrogens with one attached hydrogen (secondary N) is 2. The number of carbonyl (C=O) groups excluding carboxylic acids is 3. The molecule has 11 nitrogen and oxygen atoms in total. The summed E-state index contributed by atoms with van der Waals surface area (Å²) in [6.45, 7) is 19.0. The summed E-state index contributed by atoms with van der Waals surface area (Å²) in [6.07, 6.45) is 10.4. The monoisotopic (exact) mass is 676 g/mol. The van der Waals surface area contributed by atoms with Crippen LogP contribution in [0.1, 0.15) is 94.4 Å². The molecule has 0 aromatic heterocycles. The van der Waals surface area contributed by atoms with Crippen molar-refractivity contribution in [3.05, 3.63) is 36.0 Å². The maximum absolute atomic E-state index is 12.6. The molecule has 0 aromatic carbocycles. The van der Waals surface area contributed by atoms with Gasteiger partial charge in [0.25, 0.3) is 0 Å². The van der Waals surface area contributed by atoms with Crippen molar-refractivity contribution in [2.45, 2.75) is 149 Å². The number of rotatable bonds is 17. The van der Waals surface area contributed by atoms with Gasteiger partial charge in [0, 0.05) is 25.6 Å². The molecular formula is C37H60N2O9. The van der Waals surface area contributed by atoms with Crippen LogP contribution in [0.4, 0.5) is 0 Å². The van der Waals surface area contributed by atoms with Crippen molar-refractivity contribution in [1.29, 1.82) is 0 Å². The molecule has 2 amide bonds. The van der Waals surface area contributed by atoms with Crippen molar-refractivity contribution in [1.82, 2.24) is 10.6 Å². The van der Waals surface area contributed by atoms with E-state index < -0.39 is 24.1 Å². The van der Waals surface area contributed by atoms with Crippen molar-refractivity contribution in [3.8, 4) is 0 Å². The van der Waals surface area contributed by atoms with Gasteiger partial charge in [-0.05, 0) is 65.9 Å². The molecule has 3 aliphatic rings. The first-order valence-corrected chi connectivity index (χ1v) is 17.8. The van der Waals surface area contributed by atoms with E-state index in [-0.39, 0.29) is 66.5 Å². The molecule has 3 saturated heterocycles. The van der Waals surface area contributed by atoms with Crippen LogP contribution in [0.2, 0.25) is 0 Å². The summed E-state index contributed by atoms with van der Waals surface area (Å²) in [5, 5.41) is 6.00. The van der Waals surface area contributed by atoms with Crippen LogP contribution >= 0.6 is 0 Å². The van der Waals surface area contributed by atoms with E-state index in [1.807, 2.05) is 46.8 Å². The molecule has 3 rings (SSSR count). The number of epoxide rings is 1. The molecule has 11 heteroatoms. The second-order valence-corrected chi connectivity index (χ2v) is 13.8. The molecule has 3 heterocycles. The Bertz CT molecular complexity index is 1150. The van der Waals surface area contributed by atoms with Gasteiger partial charge < -0.3 is 39.1 Å². The van der Waals surface area contributed by atoms with Crippen LogP contribution in [-0.4, -0.2) is 92.1 Å². The van der Waals surface area contributed by atoms with Gasteiger partial charge in [0.15, 0.2) is 6.29 Å². The maximum atomic E-state index is 12.6. The van der Waals surface area contributed by atoms with Gasteiger partial charge in [-0.1, -0.05) is 51.5 Å². The minimum atomic E-state index is -0.492. The number of esters is 1. The summed E-state index contributed by atoms with van der Waals surface area (Å²) < 4.78 is 36.1. The fraction of sp³-hybridized carbons (Fsp3) is 0.757. The molecule has 2 N–H and O–H groups in total. The van der Waals surface area contributed by atoms with Crippen molar-refractivity contribution < 1.29 is 42.8 Å². The third-order valence-electron chi connectivity index (χ3n) is 9.04. The van der Waals surface area contributed by atoms with Gasteiger partial charge >= 0.3 is 5.97 Å². The standard InChI is InChI=1S/C37H60N2O9/c1-10-18-38-34(41)20-29-21-37(22-44-37)35(47-28(9)43-11-2)32(48-29)16-13-24(5)12-15-31-25(6)19-30(27(8)46-31)39-33(40)17-14-26(7)45-36(42)23(3)4/h12-14,16-17,23,25-32,35H,10-11,15,18-22H2,1-9H3,(H,38,41)(H,39,40)/b16-13+,17-14?,24-12+/t25-,26?,27+,28?,29+,30+,31-,32+,35+,37+/m0/s1. The minimum absolute atomic E-state index is 0.00529. The summed E-state index contributed by atoms with van der Waals surface area (Å²) >= 11 is 0. The molecule has 10 atom stereocenters. The number of hydrogen-bond donors (Lipinski definition) is 2. The molecule has 0 radical (unpaired) electrons. The zero-order chi connectivity index (χ0) is 35.4. The van der Waals surface area contributed by atoms with E-state index in [0.29, 0.717) is 26.2 Å². The van der Waals surface area contributed by atoms with Gasteiger partial charge in [0.1, 0.15) is 23.9 Å². The highest BCUT2D eigenvalue weighted by Gasteiger charge is 2.60. The van der Waals surface area contributed by atoms with Gasteiger partial charge in [0.2, 0.25) is 11.8 Å². The highest BCUT2D eigenvalue weighted by atomic mass is 16.7. The zero-order valence-corrected chi connectivity index (χ0v) is 30.5. The van der Waals surface area contributed by atoms with Crippen molar-refractivity contribution in [2.75, 3.05) is 19.8 Å². The van der Waals surface area contributed by atoms with Crippen LogP contribution in [0.5, 0.6) is 0 Å². The zero-order valence-electron chi connectivity index (χ0n) is 30.5. The lowest BCUT2D eigenvalue weighted by atomic mass is 9.87. The Labute approximate surface area is 287 Å². The normalized spacial score (nSPS) is 32.0. The highest BCUT2D eigenvalue weighted by Crippen LogP contribution is 2.45. The molecule has 0 bridgehead atoms. The second kappa shape index (κ2) is 19.0. The van der Waals surface area contributed by atoms with E-state index in [4.69, 9.17) is 28.4 Å². The van der Waals surface area contributed by atoms with Gasteiger partial charge in [-0.2, -0.15) is 0 Å². The van der Waals surface area contributed by atoms with Crippen LogP contribution < -0.4 is 10.6 Å². The SMILES string of the molecule is CCCNC(=O)C[C@@H]1C[C@@]2(CO2)[C@H](OC(C)OCC)[C@@H](/C=C/C(C)=C/C[C@@H]2O[C@H](C)[C@H](NC(=O)C=CC(C)OC(=O)C(C)C)C[C@@H]2C)O1. The predicted octanol–water partition coefficient (Wildman–Crippen LogP) is 4.93. The summed E-state index contributed by atoms with van der Waals surface area (Å²) in [5.74, 6) is -0.556. The molecule has 2 unspecified atom stereocenters. The first kappa shape index (κ1) is 39.9. The average molecular weight is 677 g/mol. The maximum Gasteiger partial charge on any atom is 0.308 e. The molecule has 0 saturated carbocycles. The Hall–Kier alpha value is -2.57. The van der Waals surface area contributed by atoms with Gasteiger partial charge in [0.05, 0.1) is 43.3 Å². The Morgan fingerprint density at radius 1 is 1.06 bits per heavy atom. The predicted molar refractivity (Wildman–Crippen MR) is 183 cm³/mol. The van der Waals surface area contributed by atoms with Gasteiger partial charge in [-0.3, -0.25) is 14.4 Å². The Morgan fingerprint density at radius 3 is 2.44 bits per heavy atom. The first-order chi connectivity index (χ1) is 22.8.